The molecule has 1 aromatic carbocycles. The van der Waals surface area contributed by atoms with E-state index in [2.05, 4.69) is 10.2 Å². The van der Waals surface area contributed by atoms with Crippen molar-refractivity contribution in [1.29, 1.82) is 0 Å². The number of hydrogen-bond acceptors (Lipinski definition) is 4. The Morgan fingerprint density at radius 1 is 1.24 bits per heavy atom. The first-order valence-corrected chi connectivity index (χ1v) is 5.55. The molecule has 1 heterocycles. The van der Waals surface area contributed by atoms with Gasteiger partial charge in [0.1, 0.15) is 5.75 Å². The molecule has 0 bridgehead atoms. The van der Waals surface area contributed by atoms with Gasteiger partial charge in [0.2, 0.25) is 5.88 Å². The van der Waals surface area contributed by atoms with Crippen LogP contribution in [-0.4, -0.2) is 10.2 Å². The predicted molar refractivity (Wildman–Crippen MR) is 66.2 cm³/mol. The number of hydrogen-bond donors (Lipinski definition) is 1. The van der Waals surface area contributed by atoms with Crippen LogP contribution in [0.5, 0.6) is 11.6 Å². The maximum atomic E-state index is 5.79. The fourth-order valence-corrected chi connectivity index (χ4v) is 1.44. The van der Waals surface area contributed by atoms with E-state index < -0.39 is 0 Å². The monoisotopic (exact) mass is 249 g/mol. The van der Waals surface area contributed by atoms with Crippen LogP contribution in [0, 0.1) is 0 Å². The molecule has 0 aliphatic heterocycles. The number of aromatic nitrogens is 2. The summed E-state index contributed by atoms with van der Waals surface area (Å²) in [5.74, 6) is 1.08. The molecule has 5 heteroatoms. The van der Waals surface area contributed by atoms with E-state index in [-0.39, 0.29) is 6.04 Å². The van der Waals surface area contributed by atoms with Crippen molar-refractivity contribution in [3.63, 3.8) is 0 Å². The van der Waals surface area contributed by atoms with Crippen LogP contribution < -0.4 is 10.5 Å². The first-order chi connectivity index (χ1) is 8.15. The zero-order chi connectivity index (χ0) is 12.3. The molecule has 1 unspecified atom stereocenters. The lowest BCUT2D eigenvalue weighted by atomic mass is 10.1. The Morgan fingerprint density at radius 3 is 2.71 bits per heavy atom. The third-order valence-electron chi connectivity index (χ3n) is 2.21. The Bertz CT molecular complexity index is 499. The summed E-state index contributed by atoms with van der Waals surface area (Å²) in [5, 5.41) is 7.85. The molecule has 0 aliphatic carbocycles. The van der Waals surface area contributed by atoms with Crippen LogP contribution in [0.4, 0.5) is 0 Å². The van der Waals surface area contributed by atoms with Crippen molar-refractivity contribution in [2.45, 2.75) is 13.0 Å². The second-order valence-corrected chi connectivity index (χ2v) is 4.04. The van der Waals surface area contributed by atoms with Crippen LogP contribution in [0.3, 0.4) is 0 Å². The lowest BCUT2D eigenvalue weighted by molar-refractivity contribution is 0.454. The molecule has 17 heavy (non-hydrogen) atoms. The van der Waals surface area contributed by atoms with Crippen molar-refractivity contribution in [3.05, 3.63) is 47.1 Å². The molecule has 88 valence electrons. The molecule has 4 nitrogen and oxygen atoms in total. The molecule has 2 rings (SSSR count). The lowest BCUT2D eigenvalue weighted by Gasteiger charge is -2.08. The van der Waals surface area contributed by atoms with Gasteiger partial charge in [-0.25, -0.2) is 0 Å². The second-order valence-electron chi connectivity index (χ2n) is 3.66. The summed E-state index contributed by atoms with van der Waals surface area (Å²) in [6.45, 7) is 1.92. The molecule has 2 aromatic rings. The second kappa shape index (κ2) is 5.12. The fraction of sp³-hybridized carbons (Fsp3) is 0.167. The lowest BCUT2D eigenvalue weighted by Crippen LogP contribution is -2.04. The normalized spacial score (nSPS) is 12.2. The van der Waals surface area contributed by atoms with Crippen molar-refractivity contribution >= 4 is 11.6 Å². The summed E-state index contributed by atoms with van der Waals surface area (Å²) in [5.41, 5.74) is 6.80. The highest BCUT2D eigenvalue weighted by Gasteiger charge is 2.03. The minimum absolute atomic E-state index is 0.0325. The molecular formula is C12H12ClN3O. The summed E-state index contributed by atoms with van der Waals surface area (Å²) in [4.78, 5) is 0. The number of nitrogens with zero attached hydrogens (tertiary/aromatic N) is 2. The standard InChI is InChI=1S/C12H12ClN3O/c1-8(14)9-3-2-4-10(7-9)17-12-6-5-11(13)15-16-12/h2-8H,14H2,1H3. The Labute approximate surface area is 104 Å². The smallest absolute Gasteiger partial charge is 0.238 e. The van der Waals surface area contributed by atoms with E-state index >= 15 is 0 Å². The van der Waals surface area contributed by atoms with Gasteiger partial charge in [-0.2, -0.15) is 0 Å². The number of nitrogens with two attached hydrogens (primary N) is 1. The Morgan fingerprint density at radius 2 is 2.06 bits per heavy atom. The van der Waals surface area contributed by atoms with Crippen molar-refractivity contribution in [2.75, 3.05) is 0 Å². The minimum Gasteiger partial charge on any atom is -0.438 e. The zero-order valence-corrected chi connectivity index (χ0v) is 10.1. The van der Waals surface area contributed by atoms with Gasteiger partial charge in [0.25, 0.3) is 0 Å². The van der Waals surface area contributed by atoms with Gasteiger partial charge in [0, 0.05) is 12.1 Å². The van der Waals surface area contributed by atoms with Gasteiger partial charge in [0.05, 0.1) is 0 Å². The number of halogens is 1. The summed E-state index contributed by atoms with van der Waals surface area (Å²) in [6, 6.07) is 10.8. The first kappa shape index (κ1) is 11.8. The van der Waals surface area contributed by atoms with Gasteiger partial charge in [0.15, 0.2) is 5.15 Å². The van der Waals surface area contributed by atoms with Gasteiger partial charge >= 0.3 is 0 Å². The van der Waals surface area contributed by atoms with E-state index in [0.29, 0.717) is 16.8 Å². The largest absolute Gasteiger partial charge is 0.438 e. The van der Waals surface area contributed by atoms with Crippen LogP contribution >= 0.6 is 11.6 Å². The topological polar surface area (TPSA) is 61.0 Å². The van der Waals surface area contributed by atoms with E-state index in [1.54, 1.807) is 12.1 Å². The highest BCUT2D eigenvalue weighted by Crippen LogP contribution is 2.22. The molecule has 1 atom stereocenters. The summed E-state index contributed by atoms with van der Waals surface area (Å²) < 4.78 is 5.54. The third kappa shape index (κ3) is 3.15. The van der Waals surface area contributed by atoms with Crippen molar-refractivity contribution in [2.24, 2.45) is 5.73 Å². The molecular weight excluding hydrogens is 238 g/mol. The average molecular weight is 250 g/mol. The molecule has 0 spiro atoms. The van der Waals surface area contributed by atoms with Crippen LogP contribution in [0.25, 0.3) is 0 Å². The van der Waals surface area contributed by atoms with Crippen LogP contribution in [0.1, 0.15) is 18.5 Å². The van der Waals surface area contributed by atoms with Crippen molar-refractivity contribution in [1.82, 2.24) is 10.2 Å². The molecule has 1 aromatic heterocycles. The molecule has 0 radical (unpaired) electrons. The Hall–Kier alpha value is -1.65. The summed E-state index contributed by atoms with van der Waals surface area (Å²) in [7, 11) is 0. The minimum atomic E-state index is -0.0325. The number of benzene rings is 1. The molecule has 0 fully saturated rings. The Kier molecular flexibility index (Phi) is 3.56. The first-order valence-electron chi connectivity index (χ1n) is 5.18. The van der Waals surface area contributed by atoms with Gasteiger partial charge in [-0.05, 0) is 30.7 Å². The summed E-state index contributed by atoms with van der Waals surface area (Å²) in [6.07, 6.45) is 0. The predicted octanol–water partition coefficient (Wildman–Crippen LogP) is 2.94. The summed E-state index contributed by atoms with van der Waals surface area (Å²) >= 11 is 5.64. The SMILES string of the molecule is CC(N)c1cccc(Oc2ccc(Cl)nn2)c1. The molecule has 0 saturated heterocycles. The van der Waals surface area contributed by atoms with E-state index in [9.17, 15) is 0 Å². The third-order valence-corrected chi connectivity index (χ3v) is 2.42. The van der Waals surface area contributed by atoms with Crippen LogP contribution in [-0.2, 0) is 0 Å². The maximum Gasteiger partial charge on any atom is 0.238 e. The number of ether oxygens (including phenoxy) is 1. The van der Waals surface area contributed by atoms with E-state index in [4.69, 9.17) is 22.1 Å². The highest BCUT2D eigenvalue weighted by atomic mass is 35.5. The van der Waals surface area contributed by atoms with Crippen LogP contribution in [0.15, 0.2) is 36.4 Å². The molecule has 2 N–H and O–H groups in total. The van der Waals surface area contributed by atoms with Gasteiger partial charge in [-0.3, -0.25) is 0 Å². The van der Waals surface area contributed by atoms with Gasteiger partial charge < -0.3 is 10.5 Å². The van der Waals surface area contributed by atoms with E-state index in [1.807, 2.05) is 31.2 Å². The molecule has 0 saturated carbocycles. The van der Waals surface area contributed by atoms with Crippen LogP contribution in [0.2, 0.25) is 5.15 Å². The van der Waals surface area contributed by atoms with Gasteiger partial charge in [-0.1, -0.05) is 23.7 Å². The van der Waals surface area contributed by atoms with Crippen molar-refractivity contribution in [3.8, 4) is 11.6 Å². The highest BCUT2D eigenvalue weighted by molar-refractivity contribution is 6.29. The zero-order valence-electron chi connectivity index (χ0n) is 9.30. The van der Waals surface area contributed by atoms with Gasteiger partial charge in [-0.15, -0.1) is 10.2 Å². The Balaban J connectivity index is 2.18. The maximum absolute atomic E-state index is 5.79. The molecule has 0 amide bonds. The average Bonchev–Trinajstić information content (AvgIpc) is 2.32. The van der Waals surface area contributed by atoms with Crippen molar-refractivity contribution < 1.29 is 4.74 Å². The fourth-order valence-electron chi connectivity index (χ4n) is 1.34. The van der Waals surface area contributed by atoms with E-state index in [0.717, 1.165) is 5.56 Å². The van der Waals surface area contributed by atoms with E-state index in [1.165, 1.54) is 0 Å². The molecule has 0 aliphatic rings. The quantitative estimate of drug-likeness (QED) is 0.909. The number of rotatable bonds is 3.